The monoisotopic (exact) mass is 368 g/mol. The van der Waals surface area contributed by atoms with Crippen LogP contribution in [0.4, 0.5) is 0 Å². The highest BCUT2D eigenvalue weighted by molar-refractivity contribution is 5.75. The largest absolute Gasteiger partial charge is 0.393 e. The number of hydrogen-bond acceptors (Lipinski definition) is 5. The van der Waals surface area contributed by atoms with Crippen LogP contribution >= 0.6 is 0 Å². The van der Waals surface area contributed by atoms with E-state index in [1.165, 1.54) is 7.05 Å². The Balaban J connectivity index is 0.00000176. The number of aromatic nitrogens is 4. The molecule has 2 heterocycles. The van der Waals surface area contributed by atoms with Crippen LogP contribution in [0.2, 0.25) is 0 Å². The summed E-state index contributed by atoms with van der Waals surface area (Å²) >= 11 is 0. The van der Waals surface area contributed by atoms with Gasteiger partial charge in [0.1, 0.15) is 11.5 Å². The van der Waals surface area contributed by atoms with Gasteiger partial charge in [-0.1, -0.05) is 18.7 Å². The van der Waals surface area contributed by atoms with E-state index in [9.17, 15) is 4.79 Å². The molecule has 0 bridgehead atoms. The smallest absolute Gasteiger partial charge is 0.170 e. The molecule has 0 amide bonds. The van der Waals surface area contributed by atoms with Gasteiger partial charge in [0, 0.05) is 38.3 Å². The first-order valence-electron chi connectivity index (χ1n) is 8.49. The third-order valence-electron chi connectivity index (χ3n) is 3.61. The van der Waals surface area contributed by atoms with Gasteiger partial charge in [-0.3, -0.25) is 9.48 Å². The second kappa shape index (κ2) is 10.7. The van der Waals surface area contributed by atoms with E-state index in [0.717, 1.165) is 34.5 Å². The van der Waals surface area contributed by atoms with Gasteiger partial charge in [0.2, 0.25) is 0 Å². The van der Waals surface area contributed by atoms with Crippen molar-refractivity contribution in [1.29, 1.82) is 0 Å². The highest BCUT2D eigenvalue weighted by atomic mass is 16.1. The van der Waals surface area contributed by atoms with Crippen LogP contribution in [0.1, 0.15) is 28.8 Å². The summed E-state index contributed by atoms with van der Waals surface area (Å²) in [4.78, 5) is 15.3. The number of carbonyl (C=O) groups is 1. The minimum Gasteiger partial charge on any atom is -0.393 e. The lowest BCUT2D eigenvalue weighted by molar-refractivity contribution is 0.111. The second-order valence-electron chi connectivity index (χ2n) is 5.55. The minimum absolute atomic E-state index is 0.386. The van der Waals surface area contributed by atoms with Crippen molar-refractivity contribution in [2.45, 2.75) is 13.8 Å². The Morgan fingerprint density at radius 3 is 2.52 bits per heavy atom. The number of nitrogens with zero attached hydrogens (tertiary/aromatic N) is 4. The minimum atomic E-state index is 0.386. The van der Waals surface area contributed by atoms with Crippen molar-refractivity contribution in [3.05, 3.63) is 77.8 Å². The number of allylic oxidation sites excluding steroid dienone is 5. The zero-order valence-electron chi connectivity index (χ0n) is 16.6. The first-order valence-corrected chi connectivity index (χ1v) is 8.49. The quantitative estimate of drug-likeness (QED) is 0.579. The molecule has 7 heteroatoms. The average Bonchev–Trinajstić information content (AvgIpc) is 3.26. The normalized spacial score (nSPS) is 11.9. The molecular weight excluding hydrogens is 340 g/mol. The van der Waals surface area contributed by atoms with Crippen LogP contribution in [0, 0.1) is 6.92 Å². The highest BCUT2D eigenvalue weighted by Gasteiger charge is 2.13. The Morgan fingerprint density at radius 2 is 2.04 bits per heavy atom. The van der Waals surface area contributed by atoms with E-state index in [1.54, 1.807) is 17.1 Å². The number of nitrogens with two attached hydrogens (primary N) is 1. The summed E-state index contributed by atoms with van der Waals surface area (Å²) in [5.41, 5.74) is 8.43. The summed E-state index contributed by atoms with van der Waals surface area (Å²) in [5.74, 6) is 0.718. The molecule has 27 heavy (non-hydrogen) atoms. The van der Waals surface area contributed by atoms with Crippen molar-refractivity contribution in [3.8, 4) is 0 Å². The van der Waals surface area contributed by atoms with Gasteiger partial charge in [-0.25, -0.2) is 4.98 Å². The first-order chi connectivity index (χ1) is 13.0. The third-order valence-corrected chi connectivity index (χ3v) is 3.61. The van der Waals surface area contributed by atoms with E-state index >= 15 is 0 Å². The third kappa shape index (κ3) is 5.65. The van der Waals surface area contributed by atoms with Crippen molar-refractivity contribution in [2.24, 2.45) is 12.8 Å². The molecule has 144 valence electrons. The Hall–Kier alpha value is -3.19. The number of imidazole rings is 1. The van der Waals surface area contributed by atoms with E-state index in [0.29, 0.717) is 5.69 Å². The maximum atomic E-state index is 11.1. The Labute approximate surface area is 160 Å². The zero-order chi connectivity index (χ0) is 20.4. The molecule has 0 unspecified atom stereocenters. The topological polar surface area (TPSA) is 90.8 Å². The molecule has 0 radical (unpaired) electrons. The van der Waals surface area contributed by atoms with Crippen LogP contribution in [-0.4, -0.2) is 39.7 Å². The summed E-state index contributed by atoms with van der Waals surface area (Å²) in [7, 11) is 5.21. The molecule has 0 atom stereocenters. The van der Waals surface area contributed by atoms with Gasteiger partial charge in [-0.05, 0) is 38.1 Å². The van der Waals surface area contributed by atoms with Crippen LogP contribution in [0.25, 0.3) is 5.70 Å². The van der Waals surface area contributed by atoms with Crippen LogP contribution in [0.15, 0.2) is 60.7 Å². The fourth-order valence-corrected chi connectivity index (χ4v) is 2.47. The van der Waals surface area contributed by atoms with Crippen LogP contribution in [0.5, 0.6) is 0 Å². The van der Waals surface area contributed by atoms with Gasteiger partial charge < -0.3 is 15.6 Å². The van der Waals surface area contributed by atoms with Crippen molar-refractivity contribution < 1.29 is 4.79 Å². The van der Waals surface area contributed by atoms with Gasteiger partial charge in [0.15, 0.2) is 6.29 Å². The summed E-state index contributed by atoms with van der Waals surface area (Å²) in [6.45, 7) is 7.99. The van der Waals surface area contributed by atoms with Crippen molar-refractivity contribution in [3.63, 3.8) is 0 Å². The van der Waals surface area contributed by atoms with E-state index < -0.39 is 0 Å². The SMILES string of the molecule is C=C(/C=C(/c1cnn(C)c1)n1cc(C=O)nc1C)C(/C=C\C)=C/NC.CN. The Morgan fingerprint density at radius 1 is 1.33 bits per heavy atom. The molecule has 2 aromatic heterocycles. The Bertz CT molecular complexity index is 867. The number of aldehydes is 1. The first kappa shape index (κ1) is 21.9. The molecular formula is C20H28N6O. The van der Waals surface area contributed by atoms with E-state index in [4.69, 9.17) is 0 Å². The van der Waals surface area contributed by atoms with E-state index in [-0.39, 0.29) is 0 Å². The average molecular weight is 368 g/mol. The van der Waals surface area contributed by atoms with Crippen molar-refractivity contribution in [1.82, 2.24) is 24.6 Å². The van der Waals surface area contributed by atoms with Gasteiger partial charge in [-0.15, -0.1) is 0 Å². The fourth-order valence-electron chi connectivity index (χ4n) is 2.47. The molecule has 0 aliphatic carbocycles. The number of nitrogens with one attached hydrogen (secondary N) is 1. The Kier molecular flexibility index (Phi) is 8.68. The lowest BCUT2D eigenvalue weighted by Crippen LogP contribution is -2.02. The molecule has 7 nitrogen and oxygen atoms in total. The maximum absolute atomic E-state index is 11.1. The lowest BCUT2D eigenvalue weighted by atomic mass is 10.1. The number of aryl methyl sites for hydroxylation is 2. The predicted octanol–water partition coefficient (Wildman–Crippen LogP) is 2.44. The van der Waals surface area contributed by atoms with Gasteiger partial charge in [0.25, 0.3) is 0 Å². The number of carbonyl (C=O) groups excluding carboxylic acids is 1. The molecule has 2 aromatic rings. The lowest BCUT2D eigenvalue weighted by Gasteiger charge is -2.11. The van der Waals surface area contributed by atoms with Crippen molar-refractivity contribution in [2.75, 3.05) is 14.1 Å². The van der Waals surface area contributed by atoms with Crippen LogP contribution in [-0.2, 0) is 7.05 Å². The molecule has 2 rings (SSSR count). The number of hydrogen-bond donors (Lipinski definition) is 2. The van der Waals surface area contributed by atoms with Gasteiger partial charge >= 0.3 is 0 Å². The van der Waals surface area contributed by atoms with E-state index in [1.807, 2.05) is 63.1 Å². The molecule has 0 aliphatic heterocycles. The van der Waals surface area contributed by atoms with Gasteiger partial charge in [0.05, 0.1) is 11.9 Å². The molecule has 0 saturated heterocycles. The highest BCUT2D eigenvalue weighted by Crippen LogP contribution is 2.23. The summed E-state index contributed by atoms with van der Waals surface area (Å²) in [6.07, 6.45) is 13.9. The van der Waals surface area contributed by atoms with E-state index in [2.05, 4.69) is 27.7 Å². The predicted molar refractivity (Wildman–Crippen MR) is 110 cm³/mol. The van der Waals surface area contributed by atoms with Gasteiger partial charge in [-0.2, -0.15) is 5.10 Å². The van der Waals surface area contributed by atoms with Crippen LogP contribution in [0.3, 0.4) is 0 Å². The standard InChI is InChI=1S/C19H23N5O.CH5N/c1-6-7-16(9-20-4)14(2)8-19(17-10-21-23(5)11-17)24-12-18(13-25)22-15(24)3;1-2/h6-13,20H,2H2,1,3-5H3;2H2,1H3/b7-6-,16-9+,19-8-;. The second-order valence-corrected chi connectivity index (χ2v) is 5.55. The summed E-state index contributed by atoms with van der Waals surface area (Å²) in [6, 6.07) is 0. The molecule has 0 aromatic carbocycles. The summed E-state index contributed by atoms with van der Waals surface area (Å²) in [5, 5.41) is 7.28. The van der Waals surface area contributed by atoms with Crippen molar-refractivity contribution >= 4 is 12.0 Å². The molecule has 3 N–H and O–H groups in total. The zero-order valence-corrected chi connectivity index (χ0v) is 16.6. The molecule has 0 aliphatic rings. The summed E-state index contributed by atoms with van der Waals surface area (Å²) < 4.78 is 3.60. The molecule has 0 saturated carbocycles. The molecule has 0 spiro atoms. The molecule has 0 fully saturated rings. The number of rotatable bonds is 7. The van der Waals surface area contributed by atoms with Crippen LogP contribution < -0.4 is 11.1 Å². The fraction of sp³-hybridized carbons (Fsp3) is 0.250. The maximum Gasteiger partial charge on any atom is 0.170 e.